The summed E-state index contributed by atoms with van der Waals surface area (Å²) >= 11 is 3.38. The average Bonchev–Trinajstić information content (AvgIpc) is 2.93. The number of nitrogens with one attached hydrogen (secondary N) is 1. The Hall–Kier alpha value is -1.53. The lowest BCUT2D eigenvalue weighted by atomic mass is 10.2. The lowest BCUT2D eigenvalue weighted by Crippen LogP contribution is -2.02. The molecule has 0 spiro atoms. The van der Waals surface area contributed by atoms with Crippen LogP contribution in [0.4, 0.5) is 5.82 Å². The summed E-state index contributed by atoms with van der Waals surface area (Å²) < 4.78 is 0. The Morgan fingerprint density at radius 3 is 2.79 bits per heavy atom. The Balaban J connectivity index is 1.92. The average molecular weight is 290 g/mol. The zero-order valence-electron chi connectivity index (χ0n) is 11.0. The molecule has 0 saturated carbocycles. The fourth-order valence-corrected chi connectivity index (χ4v) is 3.67. The summed E-state index contributed by atoms with van der Waals surface area (Å²) in [5.74, 6) is 0.903. The fourth-order valence-electron chi connectivity index (χ4n) is 1.96. The van der Waals surface area contributed by atoms with Crippen LogP contribution < -0.4 is 5.32 Å². The Kier molecular flexibility index (Phi) is 3.20. The van der Waals surface area contributed by atoms with Gasteiger partial charge in [0.25, 0.3) is 0 Å². The number of fused-ring (bicyclic) bond motifs is 1. The van der Waals surface area contributed by atoms with Gasteiger partial charge in [-0.1, -0.05) is 0 Å². The van der Waals surface area contributed by atoms with Crippen molar-refractivity contribution in [1.29, 1.82) is 0 Å². The molecular formula is C13H14N4S2. The molecule has 3 heterocycles. The van der Waals surface area contributed by atoms with Crippen LogP contribution in [0.25, 0.3) is 10.2 Å². The van der Waals surface area contributed by atoms with Crippen LogP contribution in [0.3, 0.4) is 0 Å². The summed E-state index contributed by atoms with van der Waals surface area (Å²) in [6, 6.07) is 0. The molecule has 6 heteroatoms. The highest BCUT2D eigenvalue weighted by atomic mass is 32.1. The molecule has 98 valence electrons. The first kappa shape index (κ1) is 12.5. The van der Waals surface area contributed by atoms with E-state index in [0.29, 0.717) is 6.54 Å². The molecule has 0 aromatic carbocycles. The second-order valence-electron chi connectivity index (χ2n) is 4.42. The van der Waals surface area contributed by atoms with Crippen LogP contribution in [-0.2, 0) is 6.54 Å². The molecule has 0 atom stereocenters. The van der Waals surface area contributed by atoms with Crippen LogP contribution in [0.1, 0.15) is 21.1 Å². The van der Waals surface area contributed by atoms with Gasteiger partial charge in [-0.25, -0.2) is 15.0 Å². The van der Waals surface area contributed by atoms with Crippen molar-refractivity contribution >= 4 is 38.7 Å². The van der Waals surface area contributed by atoms with Gasteiger partial charge in [0.15, 0.2) is 0 Å². The number of nitrogens with zero attached hydrogens (tertiary/aromatic N) is 3. The third-order valence-corrected chi connectivity index (χ3v) is 5.12. The van der Waals surface area contributed by atoms with Crippen LogP contribution in [0, 0.1) is 20.8 Å². The van der Waals surface area contributed by atoms with Crippen LogP contribution in [-0.4, -0.2) is 15.0 Å². The molecule has 3 aromatic heterocycles. The van der Waals surface area contributed by atoms with Crippen molar-refractivity contribution in [2.75, 3.05) is 5.32 Å². The van der Waals surface area contributed by atoms with Gasteiger partial charge in [-0.15, -0.1) is 22.7 Å². The molecular weight excluding hydrogens is 276 g/mol. The third-order valence-electron chi connectivity index (χ3n) is 3.04. The van der Waals surface area contributed by atoms with Gasteiger partial charge in [0.2, 0.25) is 0 Å². The quantitative estimate of drug-likeness (QED) is 0.799. The molecule has 0 aliphatic heterocycles. The highest BCUT2D eigenvalue weighted by Gasteiger charge is 2.11. The van der Waals surface area contributed by atoms with Crippen LogP contribution in [0.5, 0.6) is 0 Å². The summed E-state index contributed by atoms with van der Waals surface area (Å²) in [6.45, 7) is 6.96. The van der Waals surface area contributed by atoms with E-state index < -0.39 is 0 Å². The minimum atomic E-state index is 0.707. The Morgan fingerprint density at radius 1 is 1.21 bits per heavy atom. The highest BCUT2D eigenvalue weighted by Crippen LogP contribution is 2.32. The lowest BCUT2D eigenvalue weighted by molar-refractivity contribution is 1.06. The second kappa shape index (κ2) is 4.86. The van der Waals surface area contributed by atoms with Gasteiger partial charge in [-0.05, 0) is 26.3 Å². The van der Waals surface area contributed by atoms with E-state index in [4.69, 9.17) is 0 Å². The van der Waals surface area contributed by atoms with E-state index in [0.717, 1.165) is 26.7 Å². The Bertz CT molecular complexity index is 729. The van der Waals surface area contributed by atoms with E-state index in [1.807, 2.05) is 6.92 Å². The highest BCUT2D eigenvalue weighted by molar-refractivity contribution is 7.18. The van der Waals surface area contributed by atoms with E-state index in [1.165, 1.54) is 10.4 Å². The minimum absolute atomic E-state index is 0.707. The van der Waals surface area contributed by atoms with E-state index in [-0.39, 0.29) is 0 Å². The molecule has 0 fully saturated rings. The number of hydrogen-bond acceptors (Lipinski definition) is 6. The van der Waals surface area contributed by atoms with Gasteiger partial charge in [-0.3, -0.25) is 0 Å². The third kappa shape index (κ3) is 2.33. The van der Waals surface area contributed by atoms with Crippen molar-refractivity contribution in [3.05, 3.63) is 32.8 Å². The number of thiophene rings is 1. The van der Waals surface area contributed by atoms with Gasteiger partial charge in [-0.2, -0.15) is 0 Å². The molecule has 0 aliphatic rings. The van der Waals surface area contributed by atoms with Gasteiger partial charge in [0.05, 0.1) is 11.9 Å². The van der Waals surface area contributed by atoms with Crippen molar-refractivity contribution in [2.24, 2.45) is 0 Å². The van der Waals surface area contributed by atoms with Crippen molar-refractivity contribution in [3.63, 3.8) is 0 Å². The topological polar surface area (TPSA) is 50.7 Å². The predicted molar refractivity (Wildman–Crippen MR) is 81.1 cm³/mol. The molecule has 0 unspecified atom stereocenters. The monoisotopic (exact) mass is 290 g/mol. The molecule has 3 aromatic rings. The zero-order valence-corrected chi connectivity index (χ0v) is 12.7. The number of aromatic nitrogens is 3. The van der Waals surface area contributed by atoms with E-state index >= 15 is 0 Å². The molecule has 0 aliphatic carbocycles. The number of thiazole rings is 1. The summed E-state index contributed by atoms with van der Waals surface area (Å²) in [5, 5.41) is 7.65. The van der Waals surface area contributed by atoms with Crippen molar-refractivity contribution < 1.29 is 0 Å². The van der Waals surface area contributed by atoms with Crippen molar-refractivity contribution in [3.8, 4) is 0 Å². The molecule has 0 bridgehead atoms. The molecule has 1 N–H and O–H groups in total. The molecule has 19 heavy (non-hydrogen) atoms. The minimum Gasteiger partial charge on any atom is -0.363 e. The first-order valence-electron chi connectivity index (χ1n) is 6.00. The van der Waals surface area contributed by atoms with Crippen molar-refractivity contribution in [2.45, 2.75) is 27.3 Å². The fraction of sp³-hybridized carbons (Fsp3) is 0.308. The first-order chi connectivity index (χ1) is 9.15. The van der Waals surface area contributed by atoms with Crippen molar-refractivity contribution in [1.82, 2.24) is 15.0 Å². The number of aryl methyl sites for hydroxylation is 3. The lowest BCUT2D eigenvalue weighted by Gasteiger charge is -2.05. The standard InChI is InChI=1S/C13H14N4S2/c1-7-5-18-10(17-7)4-14-12-11-8(2)9(3)19-13(11)16-6-15-12/h5-6H,4H2,1-3H3,(H,14,15,16). The van der Waals surface area contributed by atoms with Gasteiger partial charge >= 0.3 is 0 Å². The number of anilines is 1. The summed E-state index contributed by atoms with van der Waals surface area (Å²) in [6.07, 6.45) is 1.62. The molecule has 4 nitrogen and oxygen atoms in total. The first-order valence-corrected chi connectivity index (χ1v) is 7.70. The summed E-state index contributed by atoms with van der Waals surface area (Å²) in [4.78, 5) is 15.5. The van der Waals surface area contributed by atoms with Gasteiger partial charge in [0.1, 0.15) is 22.0 Å². The molecule has 0 amide bonds. The maximum atomic E-state index is 4.45. The van der Waals surface area contributed by atoms with E-state index in [9.17, 15) is 0 Å². The maximum absolute atomic E-state index is 4.45. The van der Waals surface area contributed by atoms with Gasteiger partial charge < -0.3 is 5.32 Å². The SMILES string of the molecule is Cc1csc(CNc2ncnc3sc(C)c(C)c23)n1. The molecule has 0 radical (unpaired) electrons. The Labute approximate surface area is 119 Å². The molecule has 3 rings (SSSR count). The largest absolute Gasteiger partial charge is 0.363 e. The van der Waals surface area contributed by atoms with Crippen LogP contribution in [0.15, 0.2) is 11.7 Å². The van der Waals surface area contributed by atoms with Crippen LogP contribution >= 0.6 is 22.7 Å². The normalized spacial score (nSPS) is 11.1. The van der Waals surface area contributed by atoms with E-state index in [2.05, 4.69) is 39.5 Å². The van der Waals surface area contributed by atoms with Crippen LogP contribution in [0.2, 0.25) is 0 Å². The predicted octanol–water partition coefficient (Wildman–Crippen LogP) is 3.69. The summed E-state index contributed by atoms with van der Waals surface area (Å²) in [7, 11) is 0. The number of hydrogen-bond donors (Lipinski definition) is 1. The summed E-state index contributed by atoms with van der Waals surface area (Å²) in [5.41, 5.74) is 2.33. The second-order valence-corrected chi connectivity index (χ2v) is 6.57. The number of rotatable bonds is 3. The molecule has 0 saturated heterocycles. The maximum Gasteiger partial charge on any atom is 0.138 e. The van der Waals surface area contributed by atoms with Gasteiger partial charge in [0, 0.05) is 16.0 Å². The van der Waals surface area contributed by atoms with E-state index in [1.54, 1.807) is 29.0 Å². The smallest absolute Gasteiger partial charge is 0.138 e. The Morgan fingerprint density at radius 2 is 2.05 bits per heavy atom. The zero-order chi connectivity index (χ0) is 13.4.